The third-order valence-corrected chi connectivity index (χ3v) is 6.93. The molecule has 3 rings (SSSR count). The summed E-state index contributed by atoms with van der Waals surface area (Å²) in [6.45, 7) is 7.84. The number of hydrogen-bond acceptors (Lipinski definition) is 5. The van der Waals surface area contributed by atoms with Crippen LogP contribution in [0.2, 0.25) is 0 Å². The Balaban J connectivity index is 1.72. The lowest BCUT2D eigenvalue weighted by Crippen LogP contribution is -2.23. The second-order valence-electron chi connectivity index (χ2n) is 6.49. The van der Waals surface area contributed by atoms with Crippen LogP contribution in [0.1, 0.15) is 36.6 Å². The van der Waals surface area contributed by atoms with Crippen LogP contribution in [0.3, 0.4) is 0 Å². The van der Waals surface area contributed by atoms with Crippen molar-refractivity contribution in [2.24, 2.45) is 0 Å². The summed E-state index contributed by atoms with van der Waals surface area (Å²) in [6.07, 6.45) is 2.45. The van der Waals surface area contributed by atoms with Gasteiger partial charge in [-0.2, -0.15) is 0 Å². The number of amides is 1. The van der Waals surface area contributed by atoms with Gasteiger partial charge in [0.05, 0.1) is 11.4 Å². The molecule has 0 radical (unpaired) electrons. The number of nitrogens with zero attached hydrogens (tertiary/aromatic N) is 3. The monoisotopic (exact) mass is 405 g/mol. The minimum Gasteiger partial charge on any atom is -0.358 e. The van der Waals surface area contributed by atoms with E-state index in [1.54, 1.807) is 23.6 Å². The summed E-state index contributed by atoms with van der Waals surface area (Å²) in [5, 5.41) is 2.73. The Kier molecular flexibility index (Phi) is 6.32. The molecule has 1 aromatic heterocycles. The van der Waals surface area contributed by atoms with E-state index in [1.807, 2.05) is 23.6 Å². The van der Waals surface area contributed by atoms with Gasteiger partial charge in [-0.15, -0.1) is 11.3 Å². The maximum atomic E-state index is 12.3. The highest BCUT2D eigenvalue weighted by molar-refractivity contribution is 8.22. The van der Waals surface area contributed by atoms with Crippen LogP contribution >= 0.6 is 35.3 Å². The summed E-state index contributed by atoms with van der Waals surface area (Å²) in [4.78, 5) is 20.9. The molecule has 1 amide bonds. The number of aromatic nitrogens is 1. The molecular formula is C19H23N3OS3. The molecule has 1 aliphatic rings. The SMILES string of the molecule is CC(=O)N(c1ccc(C)c(C)c1)c1nc(CSC(=S)N2CCCC2)cs1. The fourth-order valence-corrected chi connectivity index (χ4v) is 5.02. The minimum absolute atomic E-state index is 0.0330. The van der Waals surface area contributed by atoms with Crippen molar-refractivity contribution >= 4 is 56.4 Å². The van der Waals surface area contributed by atoms with Gasteiger partial charge in [0.2, 0.25) is 5.91 Å². The topological polar surface area (TPSA) is 36.4 Å². The zero-order valence-corrected chi connectivity index (χ0v) is 17.8. The predicted octanol–water partition coefficient (Wildman–Crippen LogP) is 5.06. The first kappa shape index (κ1) is 19.3. The highest BCUT2D eigenvalue weighted by Gasteiger charge is 2.19. The van der Waals surface area contributed by atoms with Gasteiger partial charge in [0.1, 0.15) is 4.32 Å². The molecule has 7 heteroatoms. The molecule has 1 aliphatic heterocycles. The molecule has 1 saturated heterocycles. The second kappa shape index (κ2) is 8.50. The number of rotatable bonds is 4. The van der Waals surface area contributed by atoms with Crippen LogP contribution in [0, 0.1) is 13.8 Å². The van der Waals surface area contributed by atoms with E-state index in [2.05, 4.69) is 23.7 Å². The zero-order valence-electron chi connectivity index (χ0n) is 15.3. The molecule has 0 spiro atoms. The van der Waals surface area contributed by atoms with Gasteiger partial charge in [-0.3, -0.25) is 9.69 Å². The van der Waals surface area contributed by atoms with Crippen LogP contribution < -0.4 is 4.90 Å². The van der Waals surface area contributed by atoms with Gasteiger partial charge in [-0.05, 0) is 49.9 Å². The first-order valence-electron chi connectivity index (χ1n) is 8.70. The number of carbonyl (C=O) groups excluding carboxylic acids is 1. The maximum Gasteiger partial charge on any atom is 0.230 e. The van der Waals surface area contributed by atoms with Crippen LogP contribution in [0.15, 0.2) is 23.6 Å². The Hall–Kier alpha value is -1.44. The predicted molar refractivity (Wildman–Crippen MR) is 116 cm³/mol. The number of carbonyl (C=O) groups is 1. The number of thioether (sulfide) groups is 1. The summed E-state index contributed by atoms with van der Waals surface area (Å²) >= 11 is 8.67. The molecule has 0 bridgehead atoms. The van der Waals surface area contributed by atoms with Crippen LogP contribution in [0.25, 0.3) is 0 Å². The van der Waals surface area contributed by atoms with Gasteiger partial charge in [0.25, 0.3) is 0 Å². The lowest BCUT2D eigenvalue weighted by atomic mass is 10.1. The molecule has 2 heterocycles. The van der Waals surface area contributed by atoms with Crippen molar-refractivity contribution in [1.82, 2.24) is 9.88 Å². The number of thiocarbonyl (C=S) groups is 1. The molecule has 0 unspecified atom stereocenters. The van der Waals surface area contributed by atoms with Crippen molar-refractivity contribution in [2.75, 3.05) is 18.0 Å². The molecular weight excluding hydrogens is 382 g/mol. The Morgan fingerprint density at radius 3 is 2.69 bits per heavy atom. The molecule has 138 valence electrons. The van der Waals surface area contributed by atoms with Crippen LogP contribution in [-0.2, 0) is 10.5 Å². The van der Waals surface area contributed by atoms with E-state index < -0.39 is 0 Å². The number of hydrogen-bond donors (Lipinski definition) is 0. The first-order chi connectivity index (χ1) is 12.5. The summed E-state index contributed by atoms with van der Waals surface area (Å²) in [6, 6.07) is 6.05. The molecule has 0 saturated carbocycles. The molecule has 0 aliphatic carbocycles. The number of likely N-dealkylation sites (tertiary alicyclic amines) is 1. The van der Waals surface area contributed by atoms with Crippen molar-refractivity contribution in [3.63, 3.8) is 0 Å². The van der Waals surface area contributed by atoms with E-state index >= 15 is 0 Å². The summed E-state index contributed by atoms with van der Waals surface area (Å²) in [5.41, 5.74) is 4.20. The zero-order chi connectivity index (χ0) is 18.7. The van der Waals surface area contributed by atoms with Gasteiger partial charge in [0, 0.05) is 31.1 Å². The quantitative estimate of drug-likeness (QED) is 0.665. The maximum absolute atomic E-state index is 12.3. The molecule has 1 aromatic carbocycles. The Labute approximate surface area is 168 Å². The number of benzene rings is 1. The number of aryl methyl sites for hydroxylation is 2. The van der Waals surface area contributed by atoms with Crippen LogP contribution in [-0.4, -0.2) is 33.2 Å². The average molecular weight is 406 g/mol. The molecule has 4 nitrogen and oxygen atoms in total. The van der Waals surface area contributed by atoms with E-state index in [1.165, 1.54) is 29.7 Å². The highest BCUT2D eigenvalue weighted by atomic mass is 32.2. The van der Waals surface area contributed by atoms with E-state index in [-0.39, 0.29) is 5.91 Å². The fraction of sp³-hybridized carbons (Fsp3) is 0.421. The molecule has 2 aromatic rings. The lowest BCUT2D eigenvalue weighted by molar-refractivity contribution is -0.115. The van der Waals surface area contributed by atoms with Crippen molar-refractivity contribution in [1.29, 1.82) is 0 Å². The third-order valence-electron chi connectivity index (χ3n) is 4.50. The fourth-order valence-electron chi connectivity index (χ4n) is 2.88. The molecule has 1 fully saturated rings. The summed E-state index contributed by atoms with van der Waals surface area (Å²) in [5.74, 6) is 0.708. The van der Waals surface area contributed by atoms with Gasteiger partial charge in [0.15, 0.2) is 5.13 Å². The van der Waals surface area contributed by atoms with Gasteiger partial charge in [-0.25, -0.2) is 4.98 Å². The van der Waals surface area contributed by atoms with Crippen LogP contribution in [0.4, 0.5) is 10.8 Å². The third kappa shape index (κ3) is 4.45. The smallest absolute Gasteiger partial charge is 0.230 e. The average Bonchev–Trinajstić information content (AvgIpc) is 3.28. The molecule has 0 N–H and O–H groups in total. The summed E-state index contributed by atoms with van der Waals surface area (Å²) in [7, 11) is 0. The Morgan fingerprint density at radius 2 is 2.04 bits per heavy atom. The van der Waals surface area contributed by atoms with Crippen molar-refractivity contribution < 1.29 is 4.79 Å². The highest BCUT2D eigenvalue weighted by Crippen LogP contribution is 2.31. The summed E-state index contributed by atoms with van der Waals surface area (Å²) < 4.78 is 0.953. The van der Waals surface area contributed by atoms with Gasteiger partial charge < -0.3 is 4.90 Å². The van der Waals surface area contributed by atoms with Crippen molar-refractivity contribution in [2.45, 2.75) is 39.4 Å². The van der Waals surface area contributed by atoms with E-state index in [0.29, 0.717) is 5.13 Å². The Bertz CT molecular complexity index is 812. The van der Waals surface area contributed by atoms with Crippen LogP contribution in [0.5, 0.6) is 0 Å². The lowest BCUT2D eigenvalue weighted by Gasteiger charge is -2.19. The molecule has 0 atom stereocenters. The number of anilines is 2. The van der Waals surface area contributed by atoms with Crippen molar-refractivity contribution in [3.8, 4) is 0 Å². The van der Waals surface area contributed by atoms with E-state index in [9.17, 15) is 4.79 Å². The Morgan fingerprint density at radius 1 is 1.31 bits per heavy atom. The first-order valence-corrected chi connectivity index (χ1v) is 11.0. The van der Waals surface area contributed by atoms with E-state index in [0.717, 1.165) is 40.1 Å². The number of thiazole rings is 1. The minimum atomic E-state index is -0.0330. The van der Waals surface area contributed by atoms with Gasteiger partial charge in [-0.1, -0.05) is 30.0 Å². The second-order valence-corrected chi connectivity index (χ2v) is 8.94. The van der Waals surface area contributed by atoms with Crippen molar-refractivity contribution in [3.05, 3.63) is 40.4 Å². The standard InChI is InChI=1S/C19H23N3OS3/c1-13-6-7-17(10-14(13)2)22(15(3)23)18-20-16(11-25-18)12-26-19(24)21-8-4-5-9-21/h6-7,10-11H,4-5,8-9,12H2,1-3H3. The largest absolute Gasteiger partial charge is 0.358 e. The molecule has 26 heavy (non-hydrogen) atoms. The van der Waals surface area contributed by atoms with E-state index in [4.69, 9.17) is 12.2 Å². The normalized spacial score (nSPS) is 13.9. The van der Waals surface area contributed by atoms with Gasteiger partial charge >= 0.3 is 0 Å².